The minimum Gasteiger partial charge on any atom is -0.396 e. The number of carbonyl (C=O) groups excluding carboxylic acids is 2. The van der Waals surface area contributed by atoms with Crippen molar-refractivity contribution in [1.29, 1.82) is 0 Å². The van der Waals surface area contributed by atoms with Crippen LogP contribution in [0.1, 0.15) is 24.8 Å². The van der Waals surface area contributed by atoms with Gasteiger partial charge in [0.1, 0.15) is 5.82 Å². The number of halogens is 1. The molecule has 1 aromatic rings. The van der Waals surface area contributed by atoms with Crippen molar-refractivity contribution >= 4 is 17.5 Å². The summed E-state index contributed by atoms with van der Waals surface area (Å²) in [6.45, 7) is 1.62. The van der Waals surface area contributed by atoms with Crippen LogP contribution in [0.4, 0.5) is 10.1 Å². The zero-order valence-corrected chi connectivity index (χ0v) is 13.0. The summed E-state index contributed by atoms with van der Waals surface area (Å²) < 4.78 is 13.2. The molecule has 5 nitrogen and oxygen atoms in total. The second kappa shape index (κ2) is 6.28. The maximum absolute atomic E-state index is 13.2. The molecule has 0 heterocycles. The zero-order valence-electron chi connectivity index (χ0n) is 13.0. The number of hydrogen-bond acceptors (Lipinski definition) is 3. The van der Waals surface area contributed by atoms with Crippen molar-refractivity contribution in [2.24, 2.45) is 17.8 Å². The number of hydrogen-bond donors (Lipinski definition) is 3. The molecule has 2 amide bonds. The summed E-state index contributed by atoms with van der Waals surface area (Å²) in [7, 11) is 0. The summed E-state index contributed by atoms with van der Waals surface area (Å²) in [5.41, 5.74) is 0.785. The van der Waals surface area contributed by atoms with Gasteiger partial charge in [-0.25, -0.2) is 4.39 Å². The lowest BCUT2D eigenvalue weighted by molar-refractivity contribution is -0.137. The van der Waals surface area contributed by atoms with Crippen LogP contribution in [-0.2, 0) is 9.59 Å². The fraction of sp³-hybridized carbons (Fsp3) is 0.529. The van der Waals surface area contributed by atoms with Gasteiger partial charge in [-0.15, -0.1) is 0 Å². The van der Waals surface area contributed by atoms with Gasteiger partial charge in [0.05, 0.1) is 0 Å². The molecule has 124 valence electrons. The molecule has 2 saturated carbocycles. The van der Waals surface area contributed by atoms with Crippen LogP contribution >= 0.6 is 0 Å². The van der Waals surface area contributed by atoms with Gasteiger partial charge in [-0.05, 0) is 61.8 Å². The first-order chi connectivity index (χ1) is 11.0. The van der Waals surface area contributed by atoms with Gasteiger partial charge in [0.25, 0.3) is 0 Å². The maximum Gasteiger partial charge on any atom is 0.313 e. The molecular formula is C17H21FN2O3. The Hall–Kier alpha value is -1.95. The number of carbonyl (C=O) groups is 2. The first kappa shape index (κ1) is 15.9. The summed E-state index contributed by atoms with van der Waals surface area (Å²) in [6, 6.07) is 4.02. The third kappa shape index (κ3) is 3.08. The van der Waals surface area contributed by atoms with Crippen LogP contribution in [0.15, 0.2) is 18.2 Å². The van der Waals surface area contributed by atoms with Crippen molar-refractivity contribution < 1.29 is 19.1 Å². The van der Waals surface area contributed by atoms with Gasteiger partial charge in [-0.1, -0.05) is 0 Å². The molecular weight excluding hydrogens is 299 g/mol. The lowest BCUT2D eigenvalue weighted by atomic mass is 9.85. The number of aliphatic hydroxyl groups is 1. The maximum atomic E-state index is 13.2. The highest BCUT2D eigenvalue weighted by Gasteiger charge is 2.48. The lowest BCUT2D eigenvalue weighted by Gasteiger charge is -2.30. The highest BCUT2D eigenvalue weighted by Crippen LogP contribution is 2.48. The molecule has 4 unspecified atom stereocenters. The molecule has 0 saturated heterocycles. The topological polar surface area (TPSA) is 78.4 Å². The van der Waals surface area contributed by atoms with E-state index in [0.29, 0.717) is 23.1 Å². The van der Waals surface area contributed by atoms with Crippen LogP contribution in [0.25, 0.3) is 0 Å². The van der Waals surface area contributed by atoms with E-state index in [4.69, 9.17) is 0 Å². The van der Waals surface area contributed by atoms with E-state index < -0.39 is 11.8 Å². The summed E-state index contributed by atoms with van der Waals surface area (Å²) in [5, 5.41) is 14.8. The smallest absolute Gasteiger partial charge is 0.313 e. The zero-order chi connectivity index (χ0) is 16.6. The van der Waals surface area contributed by atoms with E-state index in [1.165, 1.54) is 18.2 Å². The van der Waals surface area contributed by atoms with Crippen LogP contribution in [0.5, 0.6) is 0 Å². The number of nitrogens with one attached hydrogen (secondary N) is 2. The number of rotatable bonds is 3. The minimum absolute atomic E-state index is 0.0326. The van der Waals surface area contributed by atoms with E-state index in [9.17, 15) is 19.1 Å². The normalized spacial score (nSPS) is 28.7. The highest BCUT2D eigenvalue weighted by atomic mass is 19.1. The second-order valence-corrected chi connectivity index (χ2v) is 6.60. The molecule has 4 atom stereocenters. The van der Waals surface area contributed by atoms with Crippen molar-refractivity contribution in [2.45, 2.75) is 32.2 Å². The fourth-order valence-electron chi connectivity index (χ4n) is 4.03. The number of aryl methyl sites for hydroxylation is 1. The van der Waals surface area contributed by atoms with Gasteiger partial charge in [-0.2, -0.15) is 0 Å². The van der Waals surface area contributed by atoms with E-state index >= 15 is 0 Å². The Bertz CT molecular complexity index is 634. The predicted octanol–water partition coefficient (Wildman–Crippen LogP) is 1.60. The standard InChI is InChI=1S/C17H21FN2O3/c1-9-6-12(4-5-14(9)18)19-16(22)17(23)20-15-11-3-2-10(7-11)13(15)8-21/h4-6,10-11,13,15,21H,2-3,7-8H2,1H3,(H,19,22)(H,20,23). The molecule has 0 aromatic heterocycles. The molecule has 3 rings (SSSR count). The average Bonchev–Trinajstić information content (AvgIpc) is 3.12. The van der Waals surface area contributed by atoms with Crippen LogP contribution in [-0.4, -0.2) is 29.6 Å². The molecule has 0 radical (unpaired) electrons. The molecule has 2 aliphatic rings. The summed E-state index contributed by atoms with van der Waals surface area (Å²) in [5.74, 6) is -1.00. The average molecular weight is 320 g/mol. The van der Waals surface area contributed by atoms with Crippen molar-refractivity contribution in [3.63, 3.8) is 0 Å². The largest absolute Gasteiger partial charge is 0.396 e. The SMILES string of the molecule is Cc1cc(NC(=O)C(=O)NC2C3CCC(C3)C2CO)ccc1F. The number of benzene rings is 1. The van der Waals surface area contributed by atoms with Crippen LogP contribution in [0, 0.1) is 30.5 Å². The van der Waals surface area contributed by atoms with Crippen molar-refractivity contribution in [2.75, 3.05) is 11.9 Å². The van der Waals surface area contributed by atoms with Gasteiger partial charge >= 0.3 is 11.8 Å². The summed E-state index contributed by atoms with van der Waals surface area (Å²) in [6.07, 6.45) is 3.13. The first-order valence-electron chi connectivity index (χ1n) is 7.98. The summed E-state index contributed by atoms with van der Waals surface area (Å²) in [4.78, 5) is 24.1. The quantitative estimate of drug-likeness (QED) is 0.740. The highest BCUT2D eigenvalue weighted by molar-refractivity contribution is 6.39. The molecule has 0 aliphatic heterocycles. The minimum atomic E-state index is -0.768. The van der Waals surface area contributed by atoms with Gasteiger partial charge in [0.15, 0.2) is 0 Å². The van der Waals surface area contributed by atoms with Crippen LogP contribution < -0.4 is 10.6 Å². The van der Waals surface area contributed by atoms with Gasteiger partial charge < -0.3 is 15.7 Å². The third-order valence-electron chi connectivity index (χ3n) is 5.22. The molecule has 2 aliphatic carbocycles. The first-order valence-corrected chi connectivity index (χ1v) is 7.98. The molecule has 6 heteroatoms. The molecule has 3 N–H and O–H groups in total. The predicted molar refractivity (Wildman–Crippen MR) is 83.1 cm³/mol. The van der Waals surface area contributed by atoms with Crippen molar-refractivity contribution in [3.8, 4) is 0 Å². The Balaban J connectivity index is 1.61. The molecule has 1 aromatic carbocycles. The summed E-state index contributed by atoms with van der Waals surface area (Å²) >= 11 is 0. The van der Waals surface area contributed by atoms with E-state index in [1.54, 1.807) is 6.92 Å². The third-order valence-corrected chi connectivity index (χ3v) is 5.22. The van der Waals surface area contributed by atoms with E-state index in [-0.39, 0.29) is 24.4 Å². The van der Waals surface area contributed by atoms with Gasteiger partial charge in [0.2, 0.25) is 0 Å². The Morgan fingerprint density at radius 3 is 2.70 bits per heavy atom. The monoisotopic (exact) mass is 320 g/mol. The Morgan fingerprint density at radius 2 is 2.00 bits per heavy atom. The molecule has 0 spiro atoms. The number of aliphatic hydroxyl groups excluding tert-OH is 1. The van der Waals surface area contributed by atoms with E-state index in [1.807, 2.05) is 0 Å². The number of amides is 2. The second-order valence-electron chi connectivity index (χ2n) is 6.60. The van der Waals surface area contributed by atoms with E-state index in [0.717, 1.165) is 19.3 Å². The van der Waals surface area contributed by atoms with Gasteiger partial charge in [-0.3, -0.25) is 9.59 Å². The van der Waals surface area contributed by atoms with Crippen LogP contribution in [0.3, 0.4) is 0 Å². The lowest BCUT2D eigenvalue weighted by Crippen LogP contribution is -2.48. The number of anilines is 1. The molecule has 2 fully saturated rings. The Morgan fingerprint density at radius 1 is 1.26 bits per heavy atom. The molecule has 23 heavy (non-hydrogen) atoms. The fourth-order valence-corrected chi connectivity index (χ4v) is 4.03. The van der Waals surface area contributed by atoms with E-state index in [2.05, 4.69) is 10.6 Å². The Kier molecular flexibility index (Phi) is 4.35. The molecule has 2 bridgehead atoms. The van der Waals surface area contributed by atoms with Crippen molar-refractivity contribution in [3.05, 3.63) is 29.6 Å². The van der Waals surface area contributed by atoms with Gasteiger partial charge in [0, 0.05) is 24.3 Å². The number of fused-ring (bicyclic) bond motifs is 2. The Labute approximate surface area is 134 Å². The van der Waals surface area contributed by atoms with Crippen molar-refractivity contribution in [1.82, 2.24) is 5.32 Å². The van der Waals surface area contributed by atoms with Crippen LogP contribution in [0.2, 0.25) is 0 Å².